The number of rotatable bonds is 6. The van der Waals surface area contributed by atoms with Crippen molar-refractivity contribution in [3.05, 3.63) is 35.9 Å². The standard InChI is InChI=1S/C17H28N2S/c1-3-20-13-10-15(2)19-12-7-11-18-17(14-19)16-8-5-4-6-9-16/h4-6,8-9,15,17-18H,3,7,10-14H2,1-2H3. The fourth-order valence-corrected chi connectivity index (χ4v) is 3.63. The van der Waals surface area contributed by atoms with Gasteiger partial charge in [-0.05, 0) is 49.9 Å². The smallest absolute Gasteiger partial charge is 0.0449 e. The van der Waals surface area contributed by atoms with Crippen LogP contribution in [-0.2, 0) is 0 Å². The highest BCUT2D eigenvalue weighted by Crippen LogP contribution is 2.20. The second-order valence-corrected chi connectivity index (χ2v) is 6.99. The molecular formula is C17H28N2S. The molecule has 2 atom stereocenters. The monoisotopic (exact) mass is 292 g/mol. The lowest BCUT2D eigenvalue weighted by Crippen LogP contribution is -2.37. The Kier molecular flexibility index (Phi) is 6.91. The van der Waals surface area contributed by atoms with Crippen LogP contribution in [0, 0.1) is 0 Å². The summed E-state index contributed by atoms with van der Waals surface area (Å²) in [6, 6.07) is 12.1. The third-order valence-electron chi connectivity index (χ3n) is 4.14. The van der Waals surface area contributed by atoms with Gasteiger partial charge < -0.3 is 5.32 Å². The van der Waals surface area contributed by atoms with Gasteiger partial charge in [0.25, 0.3) is 0 Å². The van der Waals surface area contributed by atoms with E-state index in [1.807, 2.05) is 0 Å². The molecule has 1 N–H and O–H groups in total. The first kappa shape index (κ1) is 15.9. The van der Waals surface area contributed by atoms with Crippen molar-refractivity contribution < 1.29 is 0 Å². The first-order chi connectivity index (χ1) is 9.81. The third kappa shape index (κ3) is 4.80. The van der Waals surface area contributed by atoms with Gasteiger partial charge in [-0.2, -0.15) is 11.8 Å². The van der Waals surface area contributed by atoms with E-state index in [0.717, 1.165) is 13.1 Å². The summed E-state index contributed by atoms with van der Waals surface area (Å²) in [7, 11) is 0. The molecule has 0 spiro atoms. The lowest BCUT2D eigenvalue weighted by atomic mass is 10.1. The van der Waals surface area contributed by atoms with Crippen molar-refractivity contribution in [1.29, 1.82) is 0 Å². The van der Waals surface area contributed by atoms with Gasteiger partial charge in [0, 0.05) is 18.6 Å². The number of hydrogen-bond acceptors (Lipinski definition) is 3. The van der Waals surface area contributed by atoms with E-state index in [1.165, 1.54) is 36.5 Å². The molecule has 1 aliphatic rings. The van der Waals surface area contributed by atoms with E-state index in [0.29, 0.717) is 12.1 Å². The van der Waals surface area contributed by atoms with Crippen LogP contribution in [0.5, 0.6) is 0 Å². The van der Waals surface area contributed by atoms with E-state index in [-0.39, 0.29) is 0 Å². The van der Waals surface area contributed by atoms with Gasteiger partial charge in [-0.1, -0.05) is 37.3 Å². The molecule has 2 nitrogen and oxygen atoms in total. The Bertz CT molecular complexity index is 369. The van der Waals surface area contributed by atoms with Gasteiger partial charge in [-0.15, -0.1) is 0 Å². The highest BCUT2D eigenvalue weighted by molar-refractivity contribution is 7.99. The summed E-state index contributed by atoms with van der Waals surface area (Å²) in [6.45, 7) is 8.14. The second-order valence-electron chi connectivity index (χ2n) is 5.60. The average molecular weight is 292 g/mol. The van der Waals surface area contributed by atoms with Crippen LogP contribution in [0.25, 0.3) is 0 Å². The summed E-state index contributed by atoms with van der Waals surface area (Å²) in [4.78, 5) is 2.67. The molecule has 3 heteroatoms. The zero-order valence-electron chi connectivity index (χ0n) is 12.8. The Morgan fingerprint density at radius 3 is 2.90 bits per heavy atom. The van der Waals surface area contributed by atoms with E-state index in [4.69, 9.17) is 0 Å². The molecule has 1 aromatic rings. The van der Waals surface area contributed by atoms with Crippen molar-refractivity contribution in [1.82, 2.24) is 10.2 Å². The number of nitrogens with zero attached hydrogens (tertiary/aromatic N) is 1. The fourth-order valence-electron chi connectivity index (χ4n) is 2.84. The van der Waals surface area contributed by atoms with Crippen molar-refractivity contribution in [2.75, 3.05) is 31.1 Å². The van der Waals surface area contributed by atoms with Crippen LogP contribution >= 0.6 is 11.8 Å². The minimum atomic E-state index is 0.486. The zero-order chi connectivity index (χ0) is 14.2. The molecule has 0 aliphatic carbocycles. The van der Waals surface area contributed by atoms with Crippen molar-refractivity contribution in [2.45, 2.75) is 38.8 Å². The summed E-state index contributed by atoms with van der Waals surface area (Å²) in [5.74, 6) is 2.53. The van der Waals surface area contributed by atoms with Gasteiger partial charge in [-0.25, -0.2) is 0 Å². The molecule has 0 saturated carbocycles. The number of thioether (sulfide) groups is 1. The molecule has 20 heavy (non-hydrogen) atoms. The molecule has 0 radical (unpaired) electrons. The lowest BCUT2D eigenvalue weighted by molar-refractivity contribution is 0.202. The molecular weight excluding hydrogens is 264 g/mol. The van der Waals surface area contributed by atoms with Crippen LogP contribution < -0.4 is 5.32 Å². The maximum atomic E-state index is 3.70. The molecule has 0 aromatic heterocycles. The average Bonchev–Trinajstić information content (AvgIpc) is 2.74. The first-order valence-electron chi connectivity index (χ1n) is 7.91. The maximum absolute atomic E-state index is 3.70. The lowest BCUT2D eigenvalue weighted by Gasteiger charge is -2.30. The molecule has 0 bridgehead atoms. The van der Waals surface area contributed by atoms with Crippen molar-refractivity contribution >= 4 is 11.8 Å². The number of benzene rings is 1. The Labute approximate surface area is 128 Å². The van der Waals surface area contributed by atoms with E-state index in [9.17, 15) is 0 Å². The molecule has 1 fully saturated rings. The molecule has 2 unspecified atom stereocenters. The summed E-state index contributed by atoms with van der Waals surface area (Å²) < 4.78 is 0. The Morgan fingerprint density at radius 1 is 1.35 bits per heavy atom. The van der Waals surface area contributed by atoms with Crippen molar-refractivity contribution in [2.24, 2.45) is 0 Å². The van der Waals surface area contributed by atoms with Crippen molar-refractivity contribution in [3.63, 3.8) is 0 Å². The largest absolute Gasteiger partial charge is 0.309 e. The van der Waals surface area contributed by atoms with Gasteiger partial charge in [0.2, 0.25) is 0 Å². The van der Waals surface area contributed by atoms with Crippen LogP contribution in [0.3, 0.4) is 0 Å². The third-order valence-corrected chi connectivity index (χ3v) is 5.07. The SMILES string of the molecule is CCSCCC(C)N1CCCNC(c2ccccc2)C1. The predicted octanol–water partition coefficient (Wildman–Crippen LogP) is 3.55. The van der Waals surface area contributed by atoms with Gasteiger partial charge in [0.15, 0.2) is 0 Å². The molecule has 112 valence electrons. The molecule has 1 aromatic carbocycles. The molecule has 1 heterocycles. The van der Waals surface area contributed by atoms with Crippen LogP contribution in [0.15, 0.2) is 30.3 Å². The van der Waals surface area contributed by atoms with Gasteiger partial charge in [0.05, 0.1) is 0 Å². The number of nitrogens with one attached hydrogen (secondary N) is 1. The van der Waals surface area contributed by atoms with E-state index < -0.39 is 0 Å². The summed E-state index contributed by atoms with van der Waals surface area (Å²) in [5.41, 5.74) is 1.43. The van der Waals surface area contributed by atoms with Gasteiger partial charge >= 0.3 is 0 Å². The minimum absolute atomic E-state index is 0.486. The normalized spacial score (nSPS) is 22.4. The fraction of sp³-hybridized carbons (Fsp3) is 0.647. The molecule has 0 amide bonds. The highest BCUT2D eigenvalue weighted by atomic mass is 32.2. The van der Waals surface area contributed by atoms with Gasteiger partial charge in [-0.3, -0.25) is 4.90 Å². The number of hydrogen-bond donors (Lipinski definition) is 1. The summed E-state index contributed by atoms with van der Waals surface area (Å²) in [6.07, 6.45) is 2.56. The van der Waals surface area contributed by atoms with Crippen LogP contribution in [0.2, 0.25) is 0 Å². The first-order valence-corrected chi connectivity index (χ1v) is 9.07. The van der Waals surface area contributed by atoms with Crippen LogP contribution in [0.1, 0.15) is 38.3 Å². The zero-order valence-corrected chi connectivity index (χ0v) is 13.7. The molecule has 2 rings (SSSR count). The topological polar surface area (TPSA) is 15.3 Å². The Balaban J connectivity index is 1.93. The van der Waals surface area contributed by atoms with Crippen LogP contribution in [-0.4, -0.2) is 42.1 Å². The van der Waals surface area contributed by atoms with Gasteiger partial charge in [0.1, 0.15) is 0 Å². The summed E-state index contributed by atoms with van der Waals surface area (Å²) in [5, 5.41) is 3.70. The van der Waals surface area contributed by atoms with Crippen LogP contribution in [0.4, 0.5) is 0 Å². The predicted molar refractivity (Wildman–Crippen MR) is 90.5 cm³/mol. The van der Waals surface area contributed by atoms with E-state index in [1.54, 1.807) is 0 Å². The van der Waals surface area contributed by atoms with E-state index in [2.05, 4.69) is 66.2 Å². The molecule has 1 aliphatic heterocycles. The Morgan fingerprint density at radius 2 is 2.15 bits per heavy atom. The quantitative estimate of drug-likeness (QED) is 0.807. The minimum Gasteiger partial charge on any atom is -0.309 e. The second kappa shape index (κ2) is 8.71. The summed E-state index contributed by atoms with van der Waals surface area (Å²) >= 11 is 2.06. The Hall–Kier alpha value is -0.510. The maximum Gasteiger partial charge on any atom is 0.0449 e. The molecule has 1 saturated heterocycles. The van der Waals surface area contributed by atoms with E-state index >= 15 is 0 Å². The highest BCUT2D eigenvalue weighted by Gasteiger charge is 2.22. The van der Waals surface area contributed by atoms with Crippen molar-refractivity contribution in [3.8, 4) is 0 Å².